The zero-order valence-electron chi connectivity index (χ0n) is 17.7. The van der Waals surface area contributed by atoms with Gasteiger partial charge in [-0.1, -0.05) is 32.9 Å². The molecule has 0 bridgehead atoms. The summed E-state index contributed by atoms with van der Waals surface area (Å²) in [6.07, 6.45) is 5.62. The molecule has 2 N–H and O–H groups in total. The molecule has 1 aliphatic heterocycles. The van der Waals surface area contributed by atoms with Gasteiger partial charge in [-0.25, -0.2) is 0 Å². The highest BCUT2D eigenvalue weighted by Crippen LogP contribution is 2.17. The lowest BCUT2D eigenvalue weighted by atomic mass is 10.0. The third-order valence-electron chi connectivity index (χ3n) is 5.17. The predicted octanol–water partition coefficient (Wildman–Crippen LogP) is 3.59. The van der Waals surface area contributed by atoms with E-state index in [-0.39, 0.29) is 24.0 Å². The van der Waals surface area contributed by atoms with Crippen molar-refractivity contribution in [1.82, 2.24) is 20.7 Å². The first-order valence-electron chi connectivity index (χ1n) is 10.2. The summed E-state index contributed by atoms with van der Waals surface area (Å²) < 4.78 is 5.45. The number of aromatic nitrogens is 1. The van der Waals surface area contributed by atoms with Gasteiger partial charge in [-0.05, 0) is 44.7 Å². The van der Waals surface area contributed by atoms with Gasteiger partial charge in [-0.3, -0.25) is 9.89 Å². The average Bonchev–Trinajstić information content (AvgIpc) is 3.29. The minimum absolute atomic E-state index is 0. The summed E-state index contributed by atoms with van der Waals surface area (Å²) in [5, 5.41) is 11.2. The van der Waals surface area contributed by atoms with E-state index in [9.17, 15) is 0 Å². The monoisotopic (exact) mass is 491 g/mol. The van der Waals surface area contributed by atoms with Gasteiger partial charge in [0.2, 0.25) is 0 Å². The summed E-state index contributed by atoms with van der Waals surface area (Å²) in [4.78, 5) is 7.03. The highest BCUT2D eigenvalue weighted by molar-refractivity contribution is 14.0. The maximum absolute atomic E-state index is 5.45. The molecule has 0 radical (unpaired) electrons. The van der Waals surface area contributed by atoms with Crippen LogP contribution in [-0.4, -0.2) is 48.7 Å². The van der Waals surface area contributed by atoms with Crippen LogP contribution in [-0.2, 0) is 19.4 Å². The van der Waals surface area contributed by atoms with Crippen molar-refractivity contribution in [2.75, 3.05) is 26.7 Å². The van der Waals surface area contributed by atoms with E-state index >= 15 is 0 Å². The van der Waals surface area contributed by atoms with Crippen LogP contribution < -0.4 is 10.6 Å². The van der Waals surface area contributed by atoms with Crippen molar-refractivity contribution in [3.8, 4) is 0 Å². The molecule has 1 fully saturated rings. The summed E-state index contributed by atoms with van der Waals surface area (Å²) >= 11 is 0. The number of aryl methyl sites for hydroxylation is 2. The topological polar surface area (TPSA) is 65.7 Å². The molecule has 0 aliphatic carbocycles. The lowest BCUT2D eigenvalue weighted by molar-refractivity contribution is 0.213. The van der Waals surface area contributed by atoms with Gasteiger partial charge in [0, 0.05) is 38.2 Å². The Kier molecular flexibility index (Phi) is 11.3. The zero-order chi connectivity index (χ0) is 18.9. The highest BCUT2D eigenvalue weighted by atomic mass is 127. The quantitative estimate of drug-likeness (QED) is 0.314. The molecule has 6 nitrogen and oxygen atoms in total. The first kappa shape index (κ1) is 24.2. The fourth-order valence-electron chi connectivity index (χ4n) is 3.76. The van der Waals surface area contributed by atoms with Gasteiger partial charge in [0.15, 0.2) is 5.96 Å². The molecule has 1 aliphatic rings. The lowest BCUT2D eigenvalue weighted by Gasteiger charge is -2.29. The smallest absolute Gasteiger partial charge is 0.191 e. The molecule has 7 heteroatoms. The van der Waals surface area contributed by atoms with Gasteiger partial charge in [0.05, 0.1) is 5.69 Å². The van der Waals surface area contributed by atoms with Crippen molar-refractivity contribution >= 4 is 29.9 Å². The summed E-state index contributed by atoms with van der Waals surface area (Å²) in [7, 11) is 1.83. The lowest BCUT2D eigenvalue weighted by Crippen LogP contribution is -2.46. The van der Waals surface area contributed by atoms with E-state index in [1.54, 1.807) is 0 Å². The zero-order valence-corrected chi connectivity index (χ0v) is 20.0. The third-order valence-corrected chi connectivity index (χ3v) is 5.17. The molecule has 1 unspecified atom stereocenters. The highest BCUT2D eigenvalue weighted by Gasteiger charge is 2.23. The van der Waals surface area contributed by atoms with Crippen molar-refractivity contribution in [2.45, 2.75) is 72.4 Å². The van der Waals surface area contributed by atoms with Gasteiger partial charge in [-0.15, -0.1) is 24.0 Å². The van der Waals surface area contributed by atoms with Crippen molar-refractivity contribution in [2.24, 2.45) is 10.9 Å². The Morgan fingerprint density at radius 3 is 2.44 bits per heavy atom. The van der Waals surface area contributed by atoms with Crippen LogP contribution in [0.4, 0.5) is 0 Å². The molecular weight excluding hydrogens is 453 g/mol. The van der Waals surface area contributed by atoms with Crippen LogP contribution >= 0.6 is 24.0 Å². The number of aliphatic imine (C=N–C) groups is 1. The van der Waals surface area contributed by atoms with Crippen molar-refractivity contribution in [3.63, 3.8) is 0 Å². The Morgan fingerprint density at radius 2 is 1.89 bits per heavy atom. The third kappa shape index (κ3) is 7.25. The second-order valence-corrected chi connectivity index (χ2v) is 7.57. The average molecular weight is 491 g/mol. The molecule has 0 saturated carbocycles. The predicted molar refractivity (Wildman–Crippen MR) is 123 cm³/mol. The van der Waals surface area contributed by atoms with E-state index in [2.05, 4.69) is 53.4 Å². The standard InChI is InChI=1S/C20H37N5O.HI/c1-6-18-17(19(7-2)26-24-18)14-23-20(21-5)22-13-16(12-15(3)4)25-10-8-9-11-25;/h15-16H,6-14H2,1-5H3,(H2,21,22,23);1H. The van der Waals surface area contributed by atoms with E-state index in [0.29, 0.717) is 18.5 Å². The van der Waals surface area contributed by atoms with E-state index < -0.39 is 0 Å². The van der Waals surface area contributed by atoms with E-state index in [0.717, 1.165) is 36.8 Å². The minimum atomic E-state index is 0. The number of likely N-dealkylation sites (tertiary alicyclic amines) is 1. The Hall–Kier alpha value is -0.830. The first-order valence-corrected chi connectivity index (χ1v) is 10.2. The molecule has 1 aromatic heterocycles. The van der Waals surface area contributed by atoms with E-state index in [1.165, 1.54) is 37.9 Å². The molecular formula is C20H38IN5O. The molecule has 2 heterocycles. The molecule has 0 spiro atoms. The van der Waals surface area contributed by atoms with Crippen LogP contribution in [0.5, 0.6) is 0 Å². The first-order chi connectivity index (χ1) is 12.6. The fourth-order valence-corrected chi connectivity index (χ4v) is 3.76. The Labute approximate surface area is 181 Å². The van der Waals surface area contributed by atoms with E-state index in [1.807, 2.05) is 7.05 Å². The van der Waals surface area contributed by atoms with Gasteiger partial charge >= 0.3 is 0 Å². The fraction of sp³-hybridized carbons (Fsp3) is 0.800. The number of halogens is 1. The summed E-state index contributed by atoms with van der Waals surface area (Å²) in [5.74, 6) is 2.52. The Bertz CT molecular complexity index is 545. The SMILES string of the molecule is CCc1noc(CC)c1CNC(=NC)NCC(CC(C)C)N1CCCC1.I. The second kappa shape index (κ2) is 12.6. The molecule has 0 amide bonds. The number of rotatable bonds is 9. The van der Waals surface area contributed by atoms with Gasteiger partial charge in [-0.2, -0.15) is 0 Å². The molecule has 1 saturated heterocycles. The number of nitrogens with zero attached hydrogens (tertiary/aromatic N) is 3. The summed E-state index contributed by atoms with van der Waals surface area (Å²) in [6, 6.07) is 0.573. The number of hydrogen-bond donors (Lipinski definition) is 2. The Morgan fingerprint density at radius 1 is 1.19 bits per heavy atom. The minimum Gasteiger partial charge on any atom is -0.361 e. The maximum Gasteiger partial charge on any atom is 0.191 e. The van der Waals surface area contributed by atoms with Gasteiger partial charge < -0.3 is 15.2 Å². The second-order valence-electron chi connectivity index (χ2n) is 7.57. The van der Waals surface area contributed by atoms with Crippen LogP contribution in [0.15, 0.2) is 9.52 Å². The van der Waals surface area contributed by atoms with Crippen LogP contribution in [0.25, 0.3) is 0 Å². The largest absolute Gasteiger partial charge is 0.361 e. The van der Waals surface area contributed by atoms with E-state index in [4.69, 9.17) is 4.52 Å². The van der Waals surface area contributed by atoms with Crippen LogP contribution in [0, 0.1) is 5.92 Å². The maximum atomic E-state index is 5.45. The van der Waals surface area contributed by atoms with Crippen LogP contribution in [0.1, 0.15) is 64.0 Å². The van der Waals surface area contributed by atoms with Crippen molar-refractivity contribution < 1.29 is 4.52 Å². The van der Waals surface area contributed by atoms with Crippen LogP contribution in [0.3, 0.4) is 0 Å². The number of nitrogens with one attached hydrogen (secondary N) is 2. The molecule has 1 aromatic rings. The van der Waals surface area contributed by atoms with Gasteiger partial charge in [0.25, 0.3) is 0 Å². The van der Waals surface area contributed by atoms with Crippen molar-refractivity contribution in [1.29, 1.82) is 0 Å². The normalized spacial score (nSPS) is 16.4. The Balaban J connectivity index is 0.00000364. The number of guanidine groups is 1. The molecule has 27 heavy (non-hydrogen) atoms. The summed E-state index contributed by atoms with van der Waals surface area (Å²) in [6.45, 7) is 12.9. The van der Waals surface area contributed by atoms with Crippen LogP contribution in [0.2, 0.25) is 0 Å². The molecule has 0 aromatic carbocycles. The molecule has 2 rings (SSSR count). The van der Waals surface area contributed by atoms with Gasteiger partial charge in [0.1, 0.15) is 5.76 Å². The molecule has 156 valence electrons. The number of hydrogen-bond acceptors (Lipinski definition) is 4. The summed E-state index contributed by atoms with van der Waals surface area (Å²) in [5.41, 5.74) is 2.22. The van der Waals surface area contributed by atoms with Crippen molar-refractivity contribution in [3.05, 3.63) is 17.0 Å². The molecule has 1 atom stereocenters.